The lowest BCUT2D eigenvalue weighted by atomic mass is 10.2. The fourth-order valence-corrected chi connectivity index (χ4v) is 2.91. The maximum atomic E-state index is 9.09. The summed E-state index contributed by atoms with van der Waals surface area (Å²) in [6.07, 6.45) is 0. The molecule has 2 aromatic carbocycles. The Kier molecular flexibility index (Phi) is 3.16. The van der Waals surface area contributed by atoms with Crippen LogP contribution in [0.3, 0.4) is 0 Å². The summed E-state index contributed by atoms with van der Waals surface area (Å²) in [7, 11) is 0. The Hall–Kier alpha value is -1.96. The molecule has 3 aromatic rings. The van der Waals surface area contributed by atoms with E-state index >= 15 is 0 Å². The van der Waals surface area contributed by atoms with Crippen molar-refractivity contribution in [2.45, 2.75) is 10.1 Å². The lowest BCUT2D eigenvalue weighted by Gasteiger charge is -2.01. The molecule has 1 aromatic heterocycles. The van der Waals surface area contributed by atoms with Crippen LogP contribution in [0.15, 0.2) is 52.5 Å². The van der Waals surface area contributed by atoms with Crippen LogP contribution in [0.5, 0.6) is 0 Å². The van der Waals surface area contributed by atoms with Crippen LogP contribution < -0.4 is 0 Å². The second-order valence-electron chi connectivity index (χ2n) is 3.91. The van der Waals surface area contributed by atoms with Crippen LogP contribution in [0.2, 0.25) is 5.02 Å². The van der Waals surface area contributed by atoms with Gasteiger partial charge in [-0.2, -0.15) is 5.26 Å². The number of benzene rings is 2. The highest BCUT2D eigenvalue weighted by molar-refractivity contribution is 7.99. The number of aromatic amines is 1. The van der Waals surface area contributed by atoms with E-state index in [9.17, 15) is 0 Å². The summed E-state index contributed by atoms with van der Waals surface area (Å²) in [6, 6.07) is 15.2. The van der Waals surface area contributed by atoms with Gasteiger partial charge in [0.15, 0.2) is 5.16 Å². The van der Waals surface area contributed by atoms with E-state index in [1.807, 2.05) is 24.3 Å². The van der Waals surface area contributed by atoms with Crippen molar-refractivity contribution in [1.82, 2.24) is 9.97 Å². The minimum absolute atomic E-state index is 0.592. The normalized spacial score (nSPS) is 10.5. The first-order valence-electron chi connectivity index (χ1n) is 5.58. The molecule has 1 N–H and O–H groups in total. The molecule has 0 aliphatic carbocycles. The highest BCUT2D eigenvalue weighted by Gasteiger charge is 2.08. The van der Waals surface area contributed by atoms with E-state index in [4.69, 9.17) is 16.9 Å². The number of nitriles is 1. The first-order valence-corrected chi connectivity index (χ1v) is 6.78. The molecular formula is C14H8ClN3S. The van der Waals surface area contributed by atoms with E-state index in [2.05, 4.69) is 16.0 Å². The van der Waals surface area contributed by atoms with Crippen LogP contribution in [0.25, 0.3) is 11.0 Å². The van der Waals surface area contributed by atoms with Crippen molar-refractivity contribution < 1.29 is 0 Å². The average Bonchev–Trinajstić information content (AvgIpc) is 2.81. The van der Waals surface area contributed by atoms with Crippen molar-refractivity contribution in [2.75, 3.05) is 0 Å². The fourth-order valence-electron chi connectivity index (χ4n) is 1.75. The summed E-state index contributed by atoms with van der Waals surface area (Å²) in [4.78, 5) is 8.48. The zero-order valence-corrected chi connectivity index (χ0v) is 11.3. The predicted octanol–water partition coefficient (Wildman–Crippen LogP) is 4.24. The number of aromatic nitrogens is 2. The SMILES string of the molecule is N#Cc1ccc(Cl)cc1Sc1nc2ccccc2[nH]1. The van der Waals surface area contributed by atoms with Gasteiger partial charge in [-0.05, 0) is 30.3 Å². The first kappa shape index (κ1) is 12.1. The molecule has 5 heteroatoms. The third kappa shape index (κ3) is 2.43. The number of rotatable bonds is 2. The standard InChI is InChI=1S/C14H8ClN3S/c15-10-6-5-9(8-16)13(7-10)19-14-17-11-3-1-2-4-12(11)18-14/h1-7H,(H,17,18). The number of hydrogen-bond acceptors (Lipinski definition) is 3. The number of imidazole rings is 1. The van der Waals surface area contributed by atoms with Gasteiger partial charge in [0.2, 0.25) is 0 Å². The molecule has 0 fully saturated rings. The minimum Gasteiger partial charge on any atom is -0.333 e. The predicted molar refractivity (Wildman–Crippen MR) is 76.4 cm³/mol. The molecule has 92 valence electrons. The molecule has 0 saturated heterocycles. The van der Waals surface area contributed by atoms with Gasteiger partial charge < -0.3 is 4.98 Å². The maximum Gasteiger partial charge on any atom is 0.171 e. The lowest BCUT2D eigenvalue weighted by Crippen LogP contribution is -1.82. The molecule has 3 nitrogen and oxygen atoms in total. The molecule has 19 heavy (non-hydrogen) atoms. The van der Waals surface area contributed by atoms with Crippen LogP contribution in [0, 0.1) is 11.3 Å². The molecule has 0 bridgehead atoms. The number of nitrogens with zero attached hydrogens (tertiary/aromatic N) is 2. The van der Waals surface area contributed by atoms with Gasteiger partial charge in [-0.25, -0.2) is 4.98 Å². The van der Waals surface area contributed by atoms with E-state index in [1.165, 1.54) is 11.8 Å². The highest BCUT2D eigenvalue weighted by atomic mass is 35.5. The molecule has 0 saturated carbocycles. The van der Waals surface area contributed by atoms with Gasteiger partial charge in [-0.15, -0.1) is 0 Å². The third-order valence-corrected chi connectivity index (χ3v) is 3.82. The Bertz CT molecular complexity index is 756. The van der Waals surface area contributed by atoms with E-state index < -0.39 is 0 Å². The topological polar surface area (TPSA) is 52.5 Å². The van der Waals surface area contributed by atoms with Gasteiger partial charge in [-0.3, -0.25) is 0 Å². The number of nitrogens with one attached hydrogen (secondary N) is 1. The second-order valence-corrected chi connectivity index (χ2v) is 5.38. The van der Waals surface area contributed by atoms with Crippen molar-refractivity contribution in [3.63, 3.8) is 0 Å². The first-order chi connectivity index (χ1) is 9.26. The van der Waals surface area contributed by atoms with Crippen LogP contribution in [-0.2, 0) is 0 Å². The van der Waals surface area contributed by atoms with Gasteiger partial charge in [0.1, 0.15) is 6.07 Å². The van der Waals surface area contributed by atoms with Crippen LogP contribution in [0.1, 0.15) is 5.56 Å². The monoisotopic (exact) mass is 285 g/mol. The fraction of sp³-hybridized carbons (Fsp3) is 0. The molecule has 0 atom stereocenters. The smallest absolute Gasteiger partial charge is 0.171 e. The Balaban J connectivity index is 2.01. The van der Waals surface area contributed by atoms with Crippen LogP contribution in [-0.4, -0.2) is 9.97 Å². The summed E-state index contributed by atoms with van der Waals surface area (Å²) in [6.45, 7) is 0. The largest absolute Gasteiger partial charge is 0.333 e. The Labute approximate surface area is 119 Å². The highest BCUT2D eigenvalue weighted by Crippen LogP contribution is 2.31. The van der Waals surface area contributed by atoms with Crippen molar-refractivity contribution in [3.8, 4) is 6.07 Å². The van der Waals surface area contributed by atoms with Crippen molar-refractivity contribution >= 4 is 34.4 Å². The minimum atomic E-state index is 0.592. The molecule has 1 heterocycles. The molecular weight excluding hydrogens is 278 g/mol. The quantitative estimate of drug-likeness (QED) is 0.766. The van der Waals surface area contributed by atoms with Gasteiger partial charge in [0, 0.05) is 9.92 Å². The van der Waals surface area contributed by atoms with Gasteiger partial charge in [0.25, 0.3) is 0 Å². The average molecular weight is 286 g/mol. The Morgan fingerprint density at radius 1 is 1.21 bits per heavy atom. The number of halogens is 1. The number of H-pyrrole nitrogens is 1. The molecule has 0 spiro atoms. The van der Waals surface area contributed by atoms with Gasteiger partial charge in [-0.1, -0.05) is 35.5 Å². The van der Waals surface area contributed by atoms with E-state index in [-0.39, 0.29) is 0 Å². The zero-order valence-electron chi connectivity index (χ0n) is 9.72. The van der Waals surface area contributed by atoms with E-state index in [0.29, 0.717) is 10.6 Å². The summed E-state index contributed by atoms with van der Waals surface area (Å²) in [5.41, 5.74) is 2.48. The summed E-state index contributed by atoms with van der Waals surface area (Å²) in [5, 5.41) is 10.4. The number of hydrogen-bond donors (Lipinski definition) is 1. The van der Waals surface area contributed by atoms with E-state index in [0.717, 1.165) is 21.1 Å². The van der Waals surface area contributed by atoms with Crippen LogP contribution in [0.4, 0.5) is 0 Å². The molecule has 0 unspecified atom stereocenters. The summed E-state index contributed by atoms with van der Waals surface area (Å²) in [5.74, 6) is 0. The van der Waals surface area contributed by atoms with Gasteiger partial charge >= 0.3 is 0 Å². The third-order valence-electron chi connectivity index (χ3n) is 2.64. The van der Waals surface area contributed by atoms with Gasteiger partial charge in [0.05, 0.1) is 16.6 Å². The van der Waals surface area contributed by atoms with Crippen molar-refractivity contribution in [3.05, 3.63) is 53.1 Å². The molecule has 0 aliphatic rings. The molecule has 0 amide bonds. The van der Waals surface area contributed by atoms with Crippen molar-refractivity contribution in [2.24, 2.45) is 0 Å². The second kappa shape index (κ2) is 4.96. The molecule has 0 aliphatic heterocycles. The Morgan fingerprint density at radius 2 is 2.05 bits per heavy atom. The van der Waals surface area contributed by atoms with E-state index in [1.54, 1.807) is 18.2 Å². The Morgan fingerprint density at radius 3 is 2.84 bits per heavy atom. The molecule has 0 radical (unpaired) electrons. The summed E-state index contributed by atoms with van der Waals surface area (Å²) >= 11 is 7.37. The van der Waals surface area contributed by atoms with Crippen molar-refractivity contribution in [1.29, 1.82) is 5.26 Å². The number of para-hydroxylation sites is 2. The summed E-state index contributed by atoms with van der Waals surface area (Å²) < 4.78 is 0. The lowest BCUT2D eigenvalue weighted by molar-refractivity contribution is 1.08. The number of fused-ring (bicyclic) bond motifs is 1. The zero-order chi connectivity index (χ0) is 13.2. The van der Waals surface area contributed by atoms with Crippen LogP contribution >= 0.6 is 23.4 Å². The maximum absolute atomic E-state index is 9.09. The molecule has 3 rings (SSSR count).